The number of hydrogen-bond acceptors (Lipinski definition) is 1. The first kappa shape index (κ1) is 18.7. The largest absolute Gasteiger partial charge is 0.298 e. The van der Waals surface area contributed by atoms with Crippen molar-refractivity contribution < 1.29 is 0 Å². The van der Waals surface area contributed by atoms with Crippen LogP contribution in [-0.4, -0.2) is 18.0 Å². The molecule has 0 bridgehead atoms. The second kappa shape index (κ2) is 9.02. The molecule has 0 aliphatic carbocycles. The summed E-state index contributed by atoms with van der Waals surface area (Å²) in [5.41, 5.74) is 5.03. The fourth-order valence-corrected chi connectivity index (χ4v) is 3.88. The summed E-state index contributed by atoms with van der Waals surface area (Å²) in [5, 5.41) is 0.800. The molecule has 0 N–H and O–H groups in total. The van der Waals surface area contributed by atoms with Gasteiger partial charge in [-0.15, -0.1) is 0 Å². The van der Waals surface area contributed by atoms with Crippen molar-refractivity contribution in [3.8, 4) is 11.1 Å². The second-order valence-electron chi connectivity index (χ2n) is 6.78. The maximum atomic E-state index is 6.31. The van der Waals surface area contributed by atoms with Gasteiger partial charge in [0.2, 0.25) is 0 Å². The number of benzene rings is 2. The average Bonchev–Trinajstić information content (AvgIpc) is 3.12. The van der Waals surface area contributed by atoms with Gasteiger partial charge in [-0.3, -0.25) is 4.90 Å². The van der Waals surface area contributed by atoms with E-state index in [1.807, 2.05) is 30.4 Å². The van der Waals surface area contributed by atoms with Crippen LogP contribution in [0, 0.1) is 5.92 Å². The van der Waals surface area contributed by atoms with Crippen molar-refractivity contribution in [1.29, 1.82) is 0 Å². The van der Waals surface area contributed by atoms with Gasteiger partial charge in [0.25, 0.3) is 0 Å². The average molecular weight is 364 g/mol. The normalized spacial score (nSPS) is 18.5. The summed E-state index contributed by atoms with van der Waals surface area (Å²) in [6, 6.07) is 16.8. The monoisotopic (exact) mass is 363 g/mol. The summed E-state index contributed by atoms with van der Waals surface area (Å²) >= 11 is 6.31. The molecule has 0 spiro atoms. The van der Waals surface area contributed by atoms with E-state index in [4.69, 9.17) is 11.6 Å². The van der Waals surface area contributed by atoms with Gasteiger partial charge in [-0.05, 0) is 48.6 Å². The third-order valence-corrected chi connectivity index (χ3v) is 5.38. The van der Waals surface area contributed by atoms with Gasteiger partial charge in [-0.25, -0.2) is 0 Å². The molecule has 1 aliphatic heterocycles. The first-order chi connectivity index (χ1) is 12.7. The molecule has 26 heavy (non-hydrogen) atoms. The summed E-state index contributed by atoms with van der Waals surface area (Å²) in [5.74, 6) is 0.624. The zero-order chi connectivity index (χ0) is 18.4. The van der Waals surface area contributed by atoms with Crippen molar-refractivity contribution in [3.05, 3.63) is 95.6 Å². The summed E-state index contributed by atoms with van der Waals surface area (Å²) in [6.45, 7) is 9.16. The molecular formula is C24H26ClN. The van der Waals surface area contributed by atoms with E-state index in [1.54, 1.807) is 0 Å². The van der Waals surface area contributed by atoms with Crippen molar-refractivity contribution in [1.82, 2.24) is 4.90 Å². The summed E-state index contributed by atoms with van der Waals surface area (Å²) in [7, 11) is 0. The Morgan fingerprint density at radius 2 is 1.96 bits per heavy atom. The van der Waals surface area contributed by atoms with Gasteiger partial charge < -0.3 is 0 Å². The predicted molar refractivity (Wildman–Crippen MR) is 113 cm³/mol. The minimum Gasteiger partial charge on any atom is -0.298 e. The lowest BCUT2D eigenvalue weighted by molar-refractivity contribution is 0.323. The van der Waals surface area contributed by atoms with Crippen LogP contribution >= 0.6 is 11.6 Å². The molecule has 2 heteroatoms. The Balaban J connectivity index is 1.63. The number of hydrogen-bond donors (Lipinski definition) is 0. The van der Waals surface area contributed by atoms with Crippen LogP contribution in [0.3, 0.4) is 0 Å². The molecule has 1 saturated heterocycles. The molecule has 1 fully saturated rings. The molecule has 0 radical (unpaired) electrons. The van der Waals surface area contributed by atoms with Gasteiger partial charge in [0.1, 0.15) is 0 Å². The molecule has 3 rings (SSSR count). The van der Waals surface area contributed by atoms with E-state index in [2.05, 4.69) is 60.9 Å². The Hall–Kier alpha value is -2.09. The van der Waals surface area contributed by atoms with Gasteiger partial charge in [0, 0.05) is 23.7 Å². The second-order valence-corrected chi connectivity index (χ2v) is 7.19. The maximum Gasteiger partial charge on any atom is 0.0484 e. The lowest BCUT2D eigenvalue weighted by Crippen LogP contribution is -2.20. The van der Waals surface area contributed by atoms with Gasteiger partial charge >= 0.3 is 0 Å². The summed E-state index contributed by atoms with van der Waals surface area (Å²) in [4.78, 5) is 2.54. The third kappa shape index (κ3) is 4.55. The lowest BCUT2D eigenvalue weighted by Gasteiger charge is -2.17. The zero-order valence-electron chi connectivity index (χ0n) is 15.4. The molecule has 2 aromatic carbocycles. The van der Waals surface area contributed by atoms with Crippen molar-refractivity contribution in [2.75, 3.05) is 13.1 Å². The molecule has 1 unspecified atom stereocenters. The number of allylic oxidation sites excluding steroid dienone is 4. The van der Waals surface area contributed by atoms with Gasteiger partial charge in [0.15, 0.2) is 0 Å². The molecule has 0 saturated carbocycles. The highest BCUT2D eigenvalue weighted by atomic mass is 35.5. The fraction of sp³-hybridized carbons (Fsp3) is 0.250. The van der Waals surface area contributed by atoms with Crippen LogP contribution in [0.4, 0.5) is 0 Å². The lowest BCUT2D eigenvalue weighted by atomic mass is 9.97. The Morgan fingerprint density at radius 1 is 1.19 bits per heavy atom. The standard InChI is InChI=1S/C24H26ClN/c1-3-5-8-20(4-2)22-15-16-26(18-22)17-19-11-13-21(14-12-19)23-9-6-7-10-24(23)25/h3-14,22H,1,15-18H2,2H3/b8-5-,20-4+. The smallest absolute Gasteiger partial charge is 0.0484 e. The zero-order valence-corrected chi connectivity index (χ0v) is 16.1. The molecule has 2 aromatic rings. The molecule has 1 nitrogen and oxygen atoms in total. The Labute approximate surface area is 162 Å². The van der Waals surface area contributed by atoms with Crippen molar-refractivity contribution in [2.24, 2.45) is 5.92 Å². The van der Waals surface area contributed by atoms with E-state index in [0.717, 1.165) is 30.2 Å². The van der Waals surface area contributed by atoms with Crippen LogP contribution in [0.15, 0.2) is 85.0 Å². The van der Waals surface area contributed by atoms with Crippen LogP contribution in [0.2, 0.25) is 5.02 Å². The van der Waals surface area contributed by atoms with Crippen LogP contribution in [-0.2, 0) is 6.54 Å². The topological polar surface area (TPSA) is 3.24 Å². The third-order valence-electron chi connectivity index (χ3n) is 5.05. The quantitative estimate of drug-likeness (QED) is 0.528. The number of nitrogens with zero attached hydrogens (tertiary/aromatic N) is 1. The fourth-order valence-electron chi connectivity index (χ4n) is 3.64. The molecule has 0 amide bonds. The van der Waals surface area contributed by atoms with E-state index < -0.39 is 0 Å². The van der Waals surface area contributed by atoms with Crippen LogP contribution in [0.5, 0.6) is 0 Å². The SMILES string of the molecule is C=C/C=C\C(=C/C)C1CCN(Cc2ccc(-c3ccccc3Cl)cc2)C1. The highest BCUT2D eigenvalue weighted by Gasteiger charge is 2.24. The Bertz CT molecular complexity index is 801. The van der Waals surface area contributed by atoms with Gasteiger partial charge in [-0.1, -0.05) is 84.9 Å². The highest BCUT2D eigenvalue weighted by Crippen LogP contribution is 2.29. The molecule has 134 valence electrons. The van der Waals surface area contributed by atoms with E-state index >= 15 is 0 Å². The number of halogens is 1. The van der Waals surface area contributed by atoms with Crippen LogP contribution in [0.25, 0.3) is 11.1 Å². The number of rotatable bonds is 6. The minimum absolute atomic E-state index is 0.624. The molecule has 1 heterocycles. The van der Waals surface area contributed by atoms with Crippen LogP contribution in [0.1, 0.15) is 18.9 Å². The van der Waals surface area contributed by atoms with Crippen molar-refractivity contribution in [3.63, 3.8) is 0 Å². The molecule has 1 atom stereocenters. The molecule has 1 aliphatic rings. The van der Waals surface area contributed by atoms with E-state index in [-0.39, 0.29) is 0 Å². The van der Waals surface area contributed by atoms with E-state index in [9.17, 15) is 0 Å². The number of likely N-dealkylation sites (tertiary alicyclic amines) is 1. The first-order valence-electron chi connectivity index (χ1n) is 9.22. The molecular weight excluding hydrogens is 338 g/mol. The summed E-state index contributed by atoms with van der Waals surface area (Å²) < 4.78 is 0. The highest BCUT2D eigenvalue weighted by molar-refractivity contribution is 6.33. The van der Waals surface area contributed by atoms with E-state index in [0.29, 0.717) is 5.92 Å². The Morgan fingerprint density at radius 3 is 2.65 bits per heavy atom. The predicted octanol–water partition coefficient (Wildman–Crippen LogP) is 6.52. The summed E-state index contributed by atoms with van der Waals surface area (Å²) in [6.07, 6.45) is 9.52. The van der Waals surface area contributed by atoms with Crippen molar-refractivity contribution >= 4 is 11.6 Å². The maximum absolute atomic E-state index is 6.31. The Kier molecular flexibility index (Phi) is 6.49. The molecule has 0 aromatic heterocycles. The van der Waals surface area contributed by atoms with Crippen LogP contribution < -0.4 is 0 Å². The minimum atomic E-state index is 0.624. The first-order valence-corrected chi connectivity index (χ1v) is 9.60. The van der Waals surface area contributed by atoms with Gasteiger partial charge in [0.05, 0.1) is 0 Å². The van der Waals surface area contributed by atoms with Crippen molar-refractivity contribution in [2.45, 2.75) is 19.9 Å². The van der Waals surface area contributed by atoms with E-state index in [1.165, 1.54) is 23.1 Å². The van der Waals surface area contributed by atoms with Gasteiger partial charge in [-0.2, -0.15) is 0 Å².